The molecule has 2 aliphatic rings. The molecule has 1 aromatic rings. The molecule has 3 rings (SSSR count). The fraction of sp³-hybridized carbons (Fsp3) is 0.625. The zero-order valence-electron chi connectivity index (χ0n) is 12.0. The molecule has 0 aromatic heterocycles. The number of hydrogen-bond acceptors (Lipinski definition) is 3. The molecular weight excluding hydrogens is 253 g/mol. The molecule has 20 heavy (non-hydrogen) atoms. The zero-order chi connectivity index (χ0) is 13.8. The van der Waals surface area contributed by atoms with Crippen molar-refractivity contribution in [3.8, 4) is 0 Å². The third-order valence-electron chi connectivity index (χ3n) is 4.23. The van der Waals surface area contributed by atoms with Gasteiger partial charge in [-0.3, -0.25) is 4.90 Å². The first kappa shape index (κ1) is 13.8. The van der Waals surface area contributed by atoms with Gasteiger partial charge in [-0.1, -0.05) is 0 Å². The Morgan fingerprint density at radius 3 is 2.40 bits per heavy atom. The summed E-state index contributed by atoms with van der Waals surface area (Å²) < 4.78 is 12.9. The third kappa shape index (κ3) is 3.93. The highest BCUT2D eigenvalue weighted by Gasteiger charge is 2.20. The highest BCUT2D eigenvalue weighted by molar-refractivity contribution is 5.46. The second-order valence-electron chi connectivity index (χ2n) is 5.89. The van der Waals surface area contributed by atoms with Crippen molar-refractivity contribution in [2.45, 2.75) is 25.3 Å². The van der Waals surface area contributed by atoms with Crippen molar-refractivity contribution in [1.82, 2.24) is 10.2 Å². The number of benzene rings is 1. The third-order valence-corrected chi connectivity index (χ3v) is 4.23. The van der Waals surface area contributed by atoms with Gasteiger partial charge < -0.3 is 10.2 Å². The van der Waals surface area contributed by atoms with Crippen molar-refractivity contribution in [2.75, 3.05) is 44.2 Å². The Hall–Kier alpha value is -1.13. The van der Waals surface area contributed by atoms with E-state index in [9.17, 15) is 4.39 Å². The Bertz CT molecular complexity index is 408. The van der Waals surface area contributed by atoms with E-state index in [0.717, 1.165) is 44.5 Å². The average molecular weight is 277 g/mol. The van der Waals surface area contributed by atoms with Gasteiger partial charge >= 0.3 is 0 Å². The second-order valence-corrected chi connectivity index (χ2v) is 5.89. The standard InChI is InChI=1S/C16H24FN3/c17-14-2-6-16(7-3-14)20-12-10-19(11-13-20)9-1-8-18-15-4-5-15/h2-3,6-7,15,18H,1,4-5,8-13H2. The minimum Gasteiger partial charge on any atom is -0.369 e. The van der Waals surface area contributed by atoms with Crippen molar-refractivity contribution < 1.29 is 4.39 Å². The summed E-state index contributed by atoms with van der Waals surface area (Å²) >= 11 is 0. The van der Waals surface area contributed by atoms with E-state index in [4.69, 9.17) is 0 Å². The molecule has 2 fully saturated rings. The van der Waals surface area contributed by atoms with Gasteiger partial charge in [-0.25, -0.2) is 4.39 Å². The molecule has 1 aliphatic carbocycles. The van der Waals surface area contributed by atoms with Crippen LogP contribution in [0.3, 0.4) is 0 Å². The predicted octanol–water partition coefficient (Wildman–Crippen LogP) is 2.09. The second kappa shape index (κ2) is 6.55. The molecule has 3 nitrogen and oxygen atoms in total. The van der Waals surface area contributed by atoms with Gasteiger partial charge in [-0.05, 0) is 56.6 Å². The van der Waals surface area contributed by atoms with E-state index in [1.165, 1.54) is 25.8 Å². The maximum Gasteiger partial charge on any atom is 0.123 e. The summed E-state index contributed by atoms with van der Waals surface area (Å²) in [5, 5.41) is 3.56. The van der Waals surface area contributed by atoms with Crippen molar-refractivity contribution in [3.05, 3.63) is 30.1 Å². The van der Waals surface area contributed by atoms with Crippen molar-refractivity contribution in [3.63, 3.8) is 0 Å². The quantitative estimate of drug-likeness (QED) is 0.803. The molecule has 0 bridgehead atoms. The summed E-state index contributed by atoms with van der Waals surface area (Å²) in [6.07, 6.45) is 3.99. The summed E-state index contributed by atoms with van der Waals surface area (Å²) in [5.74, 6) is -0.157. The van der Waals surface area contributed by atoms with Gasteiger partial charge in [0, 0.05) is 37.9 Å². The first-order chi connectivity index (χ1) is 9.81. The number of piperazine rings is 1. The first-order valence-corrected chi connectivity index (χ1v) is 7.77. The van der Waals surface area contributed by atoms with Gasteiger partial charge in [0.1, 0.15) is 5.82 Å². The maximum absolute atomic E-state index is 12.9. The highest BCUT2D eigenvalue weighted by atomic mass is 19.1. The number of nitrogens with one attached hydrogen (secondary N) is 1. The number of nitrogens with zero attached hydrogens (tertiary/aromatic N) is 2. The highest BCUT2D eigenvalue weighted by Crippen LogP contribution is 2.19. The van der Waals surface area contributed by atoms with Crippen LogP contribution in [0.5, 0.6) is 0 Å². The zero-order valence-corrected chi connectivity index (χ0v) is 12.0. The van der Waals surface area contributed by atoms with Crippen LogP contribution in [-0.4, -0.2) is 50.2 Å². The molecule has 0 amide bonds. The van der Waals surface area contributed by atoms with Crippen molar-refractivity contribution in [2.24, 2.45) is 0 Å². The molecule has 0 spiro atoms. The normalized spacial score (nSPS) is 20.4. The lowest BCUT2D eigenvalue weighted by Gasteiger charge is -2.36. The molecular formula is C16H24FN3. The van der Waals surface area contributed by atoms with Gasteiger partial charge in [-0.2, -0.15) is 0 Å². The molecule has 1 aliphatic heterocycles. The average Bonchev–Trinajstić information content (AvgIpc) is 3.29. The molecule has 0 radical (unpaired) electrons. The van der Waals surface area contributed by atoms with E-state index in [2.05, 4.69) is 15.1 Å². The van der Waals surface area contributed by atoms with Gasteiger partial charge in [0.25, 0.3) is 0 Å². The molecule has 1 saturated carbocycles. The monoisotopic (exact) mass is 277 g/mol. The first-order valence-electron chi connectivity index (χ1n) is 7.77. The molecule has 1 heterocycles. The largest absolute Gasteiger partial charge is 0.369 e. The maximum atomic E-state index is 12.9. The summed E-state index contributed by atoms with van der Waals surface area (Å²) in [5.41, 5.74) is 1.14. The molecule has 4 heteroatoms. The number of hydrogen-bond donors (Lipinski definition) is 1. The van der Waals surface area contributed by atoms with Gasteiger partial charge in [0.2, 0.25) is 0 Å². The van der Waals surface area contributed by atoms with Gasteiger partial charge in [0.05, 0.1) is 0 Å². The summed E-state index contributed by atoms with van der Waals surface area (Å²) in [6, 6.07) is 7.68. The fourth-order valence-corrected chi connectivity index (χ4v) is 2.78. The van der Waals surface area contributed by atoms with Crippen molar-refractivity contribution >= 4 is 5.69 Å². The van der Waals surface area contributed by atoms with Crippen LogP contribution in [-0.2, 0) is 0 Å². The van der Waals surface area contributed by atoms with E-state index in [0.29, 0.717) is 0 Å². The molecule has 1 N–H and O–H groups in total. The summed E-state index contributed by atoms with van der Waals surface area (Å²) in [4.78, 5) is 4.88. The van der Waals surface area contributed by atoms with Crippen LogP contribution >= 0.6 is 0 Å². The Morgan fingerprint density at radius 1 is 1.05 bits per heavy atom. The molecule has 0 unspecified atom stereocenters. The Morgan fingerprint density at radius 2 is 1.75 bits per heavy atom. The topological polar surface area (TPSA) is 18.5 Å². The smallest absolute Gasteiger partial charge is 0.123 e. The molecule has 0 atom stereocenters. The van der Waals surface area contributed by atoms with Crippen LogP contribution < -0.4 is 10.2 Å². The minimum atomic E-state index is -0.157. The van der Waals surface area contributed by atoms with E-state index in [1.54, 1.807) is 12.1 Å². The Kier molecular flexibility index (Phi) is 4.53. The van der Waals surface area contributed by atoms with Gasteiger partial charge in [0.15, 0.2) is 0 Å². The van der Waals surface area contributed by atoms with E-state index >= 15 is 0 Å². The van der Waals surface area contributed by atoms with E-state index in [-0.39, 0.29) is 5.82 Å². The summed E-state index contributed by atoms with van der Waals surface area (Å²) in [6.45, 7) is 6.66. The van der Waals surface area contributed by atoms with Gasteiger partial charge in [-0.15, -0.1) is 0 Å². The van der Waals surface area contributed by atoms with Crippen LogP contribution in [0.1, 0.15) is 19.3 Å². The summed E-state index contributed by atoms with van der Waals surface area (Å²) in [7, 11) is 0. The van der Waals surface area contributed by atoms with Crippen LogP contribution in [0, 0.1) is 5.82 Å². The number of rotatable bonds is 6. The fourth-order valence-electron chi connectivity index (χ4n) is 2.78. The number of halogens is 1. The number of anilines is 1. The van der Waals surface area contributed by atoms with Crippen LogP contribution in [0.2, 0.25) is 0 Å². The molecule has 1 saturated heterocycles. The lowest BCUT2D eigenvalue weighted by Crippen LogP contribution is -2.47. The van der Waals surface area contributed by atoms with E-state index in [1.807, 2.05) is 12.1 Å². The molecule has 1 aromatic carbocycles. The minimum absolute atomic E-state index is 0.157. The lowest BCUT2D eigenvalue weighted by molar-refractivity contribution is 0.254. The van der Waals surface area contributed by atoms with Crippen LogP contribution in [0.4, 0.5) is 10.1 Å². The predicted molar refractivity (Wildman–Crippen MR) is 80.7 cm³/mol. The Labute approximate surface area is 120 Å². The SMILES string of the molecule is Fc1ccc(N2CCN(CCCNC3CC3)CC2)cc1. The Balaban J connectivity index is 1.36. The van der Waals surface area contributed by atoms with Crippen LogP contribution in [0.15, 0.2) is 24.3 Å². The van der Waals surface area contributed by atoms with Crippen molar-refractivity contribution in [1.29, 1.82) is 0 Å². The lowest BCUT2D eigenvalue weighted by atomic mass is 10.2. The van der Waals surface area contributed by atoms with Crippen LogP contribution in [0.25, 0.3) is 0 Å². The molecule has 110 valence electrons. The van der Waals surface area contributed by atoms with E-state index < -0.39 is 0 Å².